The summed E-state index contributed by atoms with van der Waals surface area (Å²) in [6, 6.07) is 13.2. The maximum atomic E-state index is 11.9. The van der Waals surface area contributed by atoms with E-state index in [2.05, 4.69) is 64.2 Å². The number of nitrogens with one attached hydrogen (secondary N) is 2. The minimum absolute atomic E-state index is 0. The highest BCUT2D eigenvalue weighted by Gasteiger charge is 2.21. The van der Waals surface area contributed by atoms with Crippen LogP contribution < -0.4 is 15.5 Å². The predicted octanol–water partition coefficient (Wildman–Crippen LogP) is 4.21. The summed E-state index contributed by atoms with van der Waals surface area (Å²) in [5.74, 6) is 1.16. The Morgan fingerprint density at radius 1 is 1.16 bits per heavy atom. The Balaban J connectivity index is 0.00000289. The van der Waals surface area contributed by atoms with Crippen molar-refractivity contribution in [3.8, 4) is 0 Å². The summed E-state index contributed by atoms with van der Waals surface area (Å²) in [7, 11) is 0. The van der Waals surface area contributed by atoms with Gasteiger partial charge < -0.3 is 20.4 Å². The number of halogens is 1. The fourth-order valence-electron chi connectivity index (χ4n) is 4.30. The van der Waals surface area contributed by atoms with Crippen LogP contribution in [0.25, 0.3) is 0 Å². The number of carbonyl (C=O) groups excluding carboxylic acids is 1. The summed E-state index contributed by atoms with van der Waals surface area (Å²) in [6.07, 6.45) is 3.89. The van der Waals surface area contributed by atoms with Crippen LogP contribution in [0.15, 0.2) is 46.8 Å². The smallest absolute Gasteiger partial charge is 0.222 e. The van der Waals surface area contributed by atoms with Gasteiger partial charge in [-0.2, -0.15) is 0 Å². The monoisotopic (exact) mass is 567 g/mol. The molecule has 1 amide bonds. The molecule has 1 aromatic carbocycles. The quantitative estimate of drug-likeness (QED) is 0.299. The zero-order valence-corrected chi connectivity index (χ0v) is 21.9. The lowest BCUT2D eigenvalue weighted by atomic mass is 10.1. The minimum Gasteiger partial charge on any atom is -0.363 e. The van der Waals surface area contributed by atoms with Crippen LogP contribution in [0.5, 0.6) is 0 Å². The van der Waals surface area contributed by atoms with E-state index in [1.165, 1.54) is 16.1 Å². The Bertz CT molecular complexity index is 880. The zero-order valence-electron chi connectivity index (χ0n) is 18.8. The van der Waals surface area contributed by atoms with Crippen molar-refractivity contribution in [1.29, 1.82) is 0 Å². The molecule has 3 heterocycles. The molecule has 0 saturated carbocycles. The number of carbonyl (C=O) groups is 1. The molecule has 6 nitrogen and oxygen atoms in total. The number of anilines is 1. The fraction of sp³-hybridized carbons (Fsp3) is 0.500. The standard InChI is InChI=1S/C24H33N5OS.HI/c1-2-25-24(27-21-10-13-28(14-11-21)23-9-5-15-31-23)26-17-19-6-3-7-20(16-19)18-29-12-4-8-22(29)30;/h3,5-7,9,15-16,21H,2,4,8,10-14,17-18H2,1H3,(H2,25,26,27);1H. The molecule has 2 aliphatic rings. The predicted molar refractivity (Wildman–Crippen MR) is 144 cm³/mol. The van der Waals surface area contributed by atoms with E-state index in [0.29, 0.717) is 25.6 Å². The van der Waals surface area contributed by atoms with Crippen molar-refractivity contribution in [3.05, 3.63) is 52.9 Å². The van der Waals surface area contributed by atoms with Crippen LogP contribution in [-0.2, 0) is 17.9 Å². The van der Waals surface area contributed by atoms with E-state index in [9.17, 15) is 4.79 Å². The molecule has 4 rings (SSSR count). The van der Waals surface area contributed by atoms with Gasteiger partial charge in [0, 0.05) is 45.2 Å². The topological polar surface area (TPSA) is 60.0 Å². The van der Waals surface area contributed by atoms with Crippen molar-refractivity contribution >= 4 is 52.2 Å². The second kappa shape index (κ2) is 12.4. The number of guanidine groups is 1. The molecule has 2 aromatic rings. The Hall–Kier alpha value is -1.81. The molecule has 0 unspecified atom stereocenters. The average molecular weight is 568 g/mol. The molecule has 0 aliphatic carbocycles. The fourth-order valence-corrected chi connectivity index (χ4v) is 5.08. The number of hydrogen-bond acceptors (Lipinski definition) is 4. The van der Waals surface area contributed by atoms with Crippen molar-refractivity contribution in [2.75, 3.05) is 31.1 Å². The van der Waals surface area contributed by atoms with Crippen LogP contribution in [0.1, 0.15) is 43.7 Å². The van der Waals surface area contributed by atoms with E-state index in [1.807, 2.05) is 16.2 Å². The number of amides is 1. The first kappa shape index (κ1) is 24.8. The van der Waals surface area contributed by atoms with Gasteiger partial charge in [0.15, 0.2) is 5.96 Å². The van der Waals surface area contributed by atoms with Crippen LogP contribution in [0.3, 0.4) is 0 Å². The summed E-state index contributed by atoms with van der Waals surface area (Å²) in [4.78, 5) is 21.2. The number of aliphatic imine (C=N–C) groups is 1. The van der Waals surface area contributed by atoms with Crippen LogP contribution >= 0.6 is 35.3 Å². The molecule has 2 aliphatic heterocycles. The van der Waals surface area contributed by atoms with E-state index in [1.54, 1.807) is 0 Å². The van der Waals surface area contributed by atoms with E-state index >= 15 is 0 Å². The molecule has 0 radical (unpaired) electrons. The van der Waals surface area contributed by atoms with Crippen LogP contribution in [0.2, 0.25) is 0 Å². The molecule has 1 aromatic heterocycles. The lowest BCUT2D eigenvalue weighted by molar-refractivity contribution is -0.128. The second-order valence-electron chi connectivity index (χ2n) is 8.29. The molecule has 32 heavy (non-hydrogen) atoms. The van der Waals surface area contributed by atoms with E-state index < -0.39 is 0 Å². The molecule has 0 bridgehead atoms. The lowest BCUT2D eigenvalue weighted by Gasteiger charge is -2.33. The normalized spacial score (nSPS) is 17.4. The maximum absolute atomic E-state index is 11.9. The number of likely N-dealkylation sites (tertiary alicyclic amines) is 1. The molecule has 0 atom stereocenters. The molecule has 8 heteroatoms. The second-order valence-corrected chi connectivity index (χ2v) is 9.22. The van der Waals surface area contributed by atoms with Gasteiger partial charge in [-0.3, -0.25) is 4.79 Å². The molecular formula is C24H34IN5OS. The van der Waals surface area contributed by atoms with E-state index in [4.69, 9.17) is 4.99 Å². The molecular weight excluding hydrogens is 533 g/mol. The van der Waals surface area contributed by atoms with E-state index in [-0.39, 0.29) is 29.9 Å². The summed E-state index contributed by atoms with van der Waals surface area (Å²) in [6.45, 7) is 7.31. The number of benzene rings is 1. The van der Waals surface area contributed by atoms with Crippen molar-refractivity contribution in [2.45, 2.75) is 51.7 Å². The highest BCUT2D eigenvalue weighted by Crippen LogP contribution is 2.24. The average Bonchev–Trinajstić information content (AvgIpc) is 3.46. The van der Waals surface area contributed by atoms with Gasteiger partial charge in [-0.25, -0.2) is 4.99 Å². The zero-order chi connectivity index (χ0) is 21.5. The summed E-state index contributed by atoms with van der Waals surface area (Å²) >= 11 is 1.82. The molecule has 0 spiro atoms. The van der Waals surface area contributed by atoms with Gasteiger partial charge in [0.2, 0.25) is 5.91 Å². The SMILES string of the molecule is CCNC(=NCc1cccc(CN2CCCC2=O)c1)NC1CCN(c2cccs2)CC1.I. The highest BCUT2D eigenvalue weighted by atomic mass is 127. The summed E-state index contributed by atoms with van der Waals surface area (Å²) < 4.78 is 0. The van der Waals surface area contributed by atoms with Gasteiger partial charge in [-0.1, -0.05) is 24.3 Å². The first-order chi connectivity index (χ1) is 15.2. The Labute approximate surface area is 212 Å². The van der Waals surface area contributed by atoms with Crippen molar-refractivity contribution < 1.29 is 4.79 Å². The Morgan fingerprint density at radius 3 is 2.66 bits per heavy atom. The third-order valence-corrected chi connectivity index (χ3v) is 6.88. The highest BCUT2D eigenvalue weighted by molar-refractivity contribution is 14.0. The molecule has 174 valence electrons. The molecule has 2 N–H and O–H groups in total. The van der Waals surface area contributed by atoms with Crippen LogP contribution in [0, 0.1) is 0 Å². The first-order valence-electron chi connectivity index (χ1n) is 11.4. The number of piperidine rings is 1. The minimum atomic E-state index is 0. The van der Waals surface area contributed by atoms with Crippen molar-refractivity contribution in [1.82, 2.24) is 15.5 Å². The third-order valence-electron chi connectivity index (χ3n) is 5.95. The Morgan fingerprint density at radius 2 is 1.97 bits per heavy atom. The van der Waals surface area contributed by atoms with Crippen molar-refractivity contribution in [2.24, 2.45) is 4.99 Å². The number of hydrogen-bond donors (Lipinski definition) is 2. The number of rotatable bonds is 7. The van der Waals surface area contributed by atoms with Crippen LogP contribution in [0.4, 0.5) is 5.00 Å². The van der Waals surface area contributed by atoms with Gasteiger partial charge in [0.05, 0.1) is 11.5 Å². The van der Waals surface area contributed by atoms with Gasteiger partial charge >= 0.3 is 0 Å². The first-order valence-corrected chi connectivity index (χ1v) is 12.3. The van der Waals surface area contributed by atoms with Crippen LogP contribution in [-0.4, -0.2) is 49.0 Å². The molecule has 2 saturated heterocycles. The van der Waals surface area contributed by atoms with Gasteiger partial charge in [0.1, 0.15) is 0 Å². The number of nitrogens with zero attached hydrogens (tertiary/aromatic N) is 3. The maximum Gasteiger partial charge on any atom is 0.222 e. The van der Waals surface area contributed by atoms with Gasteiger partial charge in [0.25, 0.3) is 0 Å². The summed E-state index contributed by atoms with van der Waals surface area (Å²) in [5, 5.41) is 10.5. The van der Waals surface area contributed by atoms with Gasteiger partial charge in [-0.15, -0.1) is 35.3 Å². The number of thiophene rings is 1. The van der Waals surface area contributed by atoms with Gasteiger partial charge in [-0.05, 0) is 54.8 Å². The summed E-state index contributed by atoms with van der Waals surface area (Å²) in [5.41, 5.74) is 2.36. The van der Waals surface area contributed by atoms with Crippen molar-refractivity contribution in [3.63, 3.8) is 0 Å². The largest absolute Gasteiger partial charge is 0.363 e. The lowest BCUT2D eigenvalue weighted by Crippen LogP contribution is -2.48. The third kappa shape index (κ3) is 6.84. The van der Waals surface area contributed by atoms with E-state index in [0.717, 1.165) is 51.4 Å². The Kier molecular flexibility index (Phi) is 9.65. The molecule has 2 fully saturated rings.